The summed E-state index contributed by atoms with van der Waals surface area (Å²) in [5.74, 6) is -0.158. The molecule has 1 aromatic rings. The fourth-order valence-electron chi connectivity index (χ4n) is 1.66. The number of benzene rings is 1. The normalized spacial score (nSPS) is 11.2. The molecule has 1 amide bonds. The first kappa shape index (κ1) is 15.8. The molecule has 106 valence electrons. The zero-order chi connectivity index (χ0) is 14.6. The predicted octanol–water partition coefficient (Wildman–Crippen LogP) is 2.67. The summed E-state index contributed by atoms with van der Waals surface area (Å²) in [6, 6.07) is 3.04. The van der Waals surface area contributed by atoms with Crippen LogP contribution in [0.4, 0.5) is 5.69 Å². The minimum Gasteiger partial charge on any atom is -0.493 e. The number of rotatable bonds is 5. The lowest BCUT2D eigenvalue weighted by atomic mass is 10.2. The van der Waals surface area contributed by atoms with Crippen molar-refractivity contribution in [2.75, 3.05) is 12.4 Å². The van der Waals surface area contributed by atoms with E-state index in [-0.39, 0.29) is 16.6 Å². The monoisotopic (exact) mass is 305 g/mol. The molecule has 0 saturated heterocycles. The largest absolute Gasteiger partial charge is 0.493 e. The predicted molar refractivity (Wildman–Crippen MR) is 74.3 cm³/mol. The van der Waals surface area contributed by atoms with Gasteiger partial charge in [-0.25, -0.2) is 8.42 Å². The molecule has 0 heterocycles. The molecule has 0 aliphatic rings. The molecular formula is C12H16ClNO4S. The van der Waals surface area contributed by atoms with Crippen LogP contribution in [0.25, 0.3) is 0 Å². The van der Waals surface area contributed by atoms with Crippen molar-refractivity contribution in [3.05, 3.63) is 17.7 Å². The molecule has 0 aromatic heterocycles. The number of nitrogens with one attached hydrogen (secondary N) is 1. The molecule has 1 N–H and O–H groups in total. The molecule has 0 saturated carbocycles. The standard InChI is InChI=1S/C12H16ClNO4S/c1-4-5-11(15)14-9-6-8(2)7-10(12(9)18-3)19(13,16)17/h6-7H,4-5H2,1-3H3,(H,14,15). The van der Waals surface area contributed by atoms with Crippen molar-refractivity contribution in [3.8, 4) is 5.75 Å². The van der Waals surface area contributed by atoms with E-state index in [2.05, 4.69) is 5.32 Å². The number of carbonyl (C=O) groups excluding carboxylic acids is 1. The maximum Gasteiger partial charge on any atom is 0.265 e. The lowest BCUT2D eigenvalue weighted by molar-refractivity contribution is -0.116. The van der Waals surface area contributed by atoms with Crippen LogP contribution in [0.3, 0.4) is 0 Å². The molecule has 0 radical (unpaired) electrons. The first-order valence-electron chi connectivity index (χ1n) is 5.72. The average Bonchev–Trinajstić information content (AvgIpc) is 2.27. The Morgan fingerprint density at radius 1 is 1.42 bits per heavy atom. The number of hydrogen-bond donors (Lipinski definition) is 1. The lowest BCUT2D eigenvalue weighted by Gasteiger charge is -2.14. The van der Waals surface area contributed by atoms with Gasteiger partial charge in [0, 0.05) is 17.1 Å². The van der Waals surface area contributed by atoms with E-state index in [1.807, 2.05) is 6.92 Å². The topological polar surface area (TPSA) is 72.5 Å². The van der Waals surface area contributed by atoms with Crippen molar-refractivity contribution in [2.45, 2.75) is 31.6 Å². The number of ether oxygens (including phenoxy) is 1. The van der Waals surface area contributed by atoms with Crippen LogP contribution in [0.1, 0.15) is 25.3 Å². The molecule has 0 fully saturated rings. The van der Waals surface area contributed by atoms with Crippen molar-refractivity contribution < 1.29 is 17.9 Å². The Hall–Kier alpha value is -1.27. The molecule has 0 aliphatic heterocycles. The highest BCUT2D eigenvalue weighted by molar-refractivity contribution is 8.13. The van der Waals surface area contributed by atoms with Gasteiger partial charge in [0.1, 0.15) is 4.90 Å². The molecule has 7 heteroatoms. The van der Waals surface area contributed by atoms with Crippen molar-refractivity contribution >= 4 is 31.3 Å². The molecule has 0 unspecified atom stereocenters. The molecule has 5 nitrogen and oxygen atoms in total. The zero-order valence-electron chi connectivity index (χ0n) is 11.0. The minimum absolute atomic E-state index is 0.0463. The van der Waals surface area contributed by atoms with Crippen molar-refractivity contribution in [1.82, 2.24) is 0 Å². The summed E-state index contributed by atoms with van der Waals surface area (Å²) < 4.78 is 28.1. The number of hydrogen-bond acceptors (Lipinski definition) is 4. The zero-order valence-corrected chi connectivity index (χ0v) is 12.6. The first-order valence-corrected chi connectivity index (χ1v) is 8.03. The average molecular weight is 306 g/mol. The van der Waals surface area contributed by atoms with E-state index in [0.717, 1.165) is 0 Å². The van der Waals surface area contributed by atoms with Gasteiger partial charge < -0.3 is 10.1 Å². The number of carbonyl (C=O) groups is 1. The van der Waals surface area contributed by atoms with Crippen LogP contribution in [-0.4, -0.2) is 21.4 Å². The molecule has 0 spiro atoms. The van der Waals surface area contributed by atoms with E-state index >= 15 is 0 Å². The Morgan fingerprint density at radius 2 is 2.05 bits per heavy atom. The number of halogens is 1. The Labute approximate surface area is 117 Å². The Bertz CT molecular complexity index is 584. The van der Waals surface area contributed by atoms with Gasteiger partial charge in [-0.15, -0.1) is 0 Å². The quantitative estimate of drug-likeness (QED) is 0.849. The molecule has 0 atom stereocenters. The molecular weight excluding hydrogens is 290 g/mol. The lowest BCUT2D eigenvalue weighted by Crippen LogP contribution is -2.12. The third kappa shape index (κ3) is 4.11. The summed E-state index contributed by atoms with van der Waals surface area (Å²) in [7, 11) is 2.75. The SMILES string of the molecule is CCCC(=O)Nc1cc(C)cc(S(=O)(=O)Cl)c1OC. The highest BCUT2D eigenvalue weighted by Gasteiger charge is 2.21. The third-order valence-electron chi connectivity index (χ3n) is 2.42. The van der Waals surface area contributed by atoms with E-state index in [4.69, 9.17) is 15.4 Å². The smallest absolute Gasteiger partial charge is 0.265 e. The van der Waals surface area contributed by atoms with E-state index in [1.165, 1.54) is 13.2 Å². The molecule has 1 rings (SSSR count). The van der Waals surface area contributed by atoms with Crippen LogP contribution < -0.4 is 10.1 Å². The Balaban J connectivity index is 3.32. The van der Waals surface area contributed by atoms with E-state index < -0.39 is 9.05 Å². The van der Waals surface area contributed by atoms with Crippen LogP contribution in [-0.2, 0) is 13.8 Å². The van der Waals surface area contributed by atoms with Crippen molar-refractivity contribution in [1.29, 1.82) is 0 Å². The highest BCUT2D eigenvalue weighted by atomic mass is 35.7. The summed E-state index contributed by atoms with van der Waals surface area (Å²) in [5.41, 5.74) is 0.965. The third-order valence-corrected chi connectivity index (χ3v) is 3.74. The fraction of sp³-hybridized carbons (Fsp3) is 0.417. The number of aryl methyl sites for hydroxylation is 1. The van der Waals surface area contributed by atoms with Gasteiger partial charge in [-0.2, -0.15) is 0 Å². The second-order valence-corrected chi connectivity index (χ2v) is 6.61. The van der Waals surface area contributed by atoms with Gasteiger partial charge in [0.15, 0.2) is 5.75 Å². The number of anilines is 1. The van der Waals surface area contributed by atoms with Crippen LogP contribution in [0, 0.1) is 6.92 Å². The van der Waals surface area contributed by atoms with Gasteiger partial charge in [-0.3, -0.25) is 4.79 Å². The maximum absolute atomic E-state index is 11.6. The highest BCUT2D eigenvalue weighted by Crippen LogP contribution is 2.35. The van der Waals surface area contributed by atoms with Gasteiger partial charge in [-0.05, 0) is 31.0 Å². The fourth-order valence-corrected chi connectivity index (χ4v) is 2.75. The van der Waals surface area contributed by atoms with Gasteiger partial charge >= 0.3 is 0 Å². The van der Waals surface area contributed by atoms with Crippen molar-refractivity contribution in [2.24, 2.45) is 0 Å². The van der Waals surface area contributed by atoms with Crippen LogP contribution in [0.15, 0.2) is 17.0 Å². The summed E-state index contributed by atoms with van der Waals surface area (Å²) in [5, 5.41) is 2.63. The second kappa shape index (κ2) is 6.25. The number of methoxy groups -OCH3 is 1. The molecule has 0 bridgehead atoms. The van der Waals surface area contributed by atoms with Crippen LogP contribution >= 0.6 is 10.7 Å². The van der Waals surface area contributed by atoms with Gasteiger partial charge in [0.25, 0.3) is 9.05 Å². The summed E-state index contributed by atoms with van der Waals surface area (Å²) in [6.07, 6.45) is 1.04. The van der Waals surface area contributed by atoms with Gasteiger partial charge in [0.2, 0.25) is 5.91 Å². The summed E-state index contributed by atoms with van der Waals surface area (Å²) in [4.78, 5) is 11.5. The molecule has 0 aliphatic carbocycles. The Kier molecular flexibility index (Phi) is 5.20. The molecule has 19 heavy (non-hydrogen) atoms. The molecule has 1 aromatic carbocycles. The van der Waals surface area contributed by atoms with Gasteiger partial charge in [0.05, 0.1) is 12.8 Å². The van der Waals surface area contributed by atoms with Crippen molar-refractivity contribution in [3.63, 3.8) is 0 Å². The minimum atomic E-state index is -3.94. The Morgan fingerprint density at radius 3 is 2.53 bits per heavy atom. The first-order chi connectivity index (χ1) is 8.79. The van der Waals surface area contributed by atoms with E-state index in [9.17, 15) is 13.2 Å². The van der Waals surface area contributed by atoms with Crippen LogP contribution in [0.2, 0.25) is 0 Å². The van der Waals surface area contributed by atoms with Crippen LogP contribution in [0.5, 0.6) is 5.75 Å². The van der Waals surface area contributed by atoms with Gasteiger partial charge in [-0.1, -0.05) is 6.92 Å². The number of amides is 1. The second-order valence-electron chi connectivity index (χ2n) is 4.08. The summed E-state index contributed by atoms with van der Waals surface area (Å²) >= 11 is 0. The van der Waals surface area contributed by atoms with E-state index in [0.29, 0.717) is 24.1 Å². The summed E-state index contributed by atoms with van der Waals surface area (Å²) in [6.45, 7) is 3.59. The maximum atomic E-state index is 11.6. The van der Waals surface area contributed by atoms with E-state index in [1.54, 1.807) is 13.0 Å².